The molecule has 0 saturated heterocycles. The molecule has 0 heterocycles. The Bertz CT molecular complexity index is 580. The van der Waals surface area contributed by atoms with E-state index in [9.17, 15) is 18.0 Å². The minimum Gasteiger partial charge on any atom is -0.374 e. The molecule has 0 radical (unpaired) electrons. The molecular weight excluding hydrogens is 293 g/mol. The average Bonchev–Trinajstić information content (AvgIpc) is 2.47. The Morgan fingerprint density at radius 2 is 2.00 bits per heavy atom. The molecule has 0 aliphatic rings. The first-order valence-electron chi connectivity index (χ1n) is 6.94. The van der Waals surface area contributed by atoms with Gasteiger partial charge in [-0.2, -0.15) is 0 Å². The van der Waals surface area contributed by atoms with Gasteiger partial charge in [-0.15, -0.1) is 0 Å². The summed E-state index contributed by atoms with van der Waals surface area (Å²) in [6, 6.07) is 1.98. The van der Waals surface area contributed by atoms with E-state index in [1.54, 1.807) is 6.92 Å². The first-order chi connectivity index (χ1) is 10.4. The lowest BCUT2D eigenvalue weighted by Gasteiger charge is -2.18. The zero-order chi connectivity index (χ0) is 16.7. The molecule has 22 heavy (non-hydrogen) atoms. The monoisotopic (exact) mass is 312 g/mol. The smallest absolute Gasteiger partial charge is 0.195 e. The maximum absolute atomic E-state index is 13.7. The van der Waals surface area contributed by atoms with Crippen LogP contribution in [0.5, 0.6) is 0 Å². The fourth-order valence-corrected chi connectivity index (χ4v) is 2.00. The number of aldehydes is 1. The van der Waals surface area contributed by atoms with Crippen molar-refractivity contribution < 1.29 is 22.7 Å². The van der Waals surface area contributed by atoms with Crippen LogP contribution in [0.15, 0.2) is 29.9 Å². The maximum atomic E-state index is 13.7. The Morgan fingerprint density at radius 1 is 1.32 bits per heavy atom. The van der Waals surface area contributed by atoms with Crippen LogP contribution >= 0.6 is 0 Å². The zero-order valence-corrected chi connectivity index (χ0v) is 12.7. The lowest BCUT2D eigenvalue weighted by molar-refractivity contribution is -0.107. The van der Waals surface area contributed by atoms with Gasteiger partial charge < -0.3 is 9.53 Å². The fraction of sp³-hybridized carbons (Fsp3) is 0.353. The molecule has 0 aromatic heterocycles. The van der Waals surface area contributed by atoms with E-state index < -0.39 is 17.5 Å². The van der Waals surface area contributed by atoms with Crippen molar-refractivity contribution in [3.8, 4) is 0 Å². The summed E-state index contributed by atoms with van der Waals surface area (Å²) in [5, 5.41) is 0. The molecule has 0 saturated carbocycles. The molecule has 1 aromatic carbocycles. The lowest BCUT2D eigenvalue weighted by atomic mass is 9.99. The molecule has 0 bridgehead atoms. The number of benzene rings is 1. The molecule has 0 fully saturated rings. The first-order valence-corrected chi connectivity index (χ1v) is 6.94. The predicted octanol–water partition coefficient (Wildman–Crippen LogP) is 4.45. The molecule has 0 aliphatic carbocycles. The van der Waals surface area contributed by atoms with Crippen LogP contribution in [-0.4, -0.2) is 19.0 Å². The third-order valence-electron chi connectivity index (χ3n) is 3.14. The Balaban J connectivity index is 3.11. The largest absolute Gasteiger partial charge is 0.374 e. The van der Waals surface area contributed by atoms with Gasteiger partial charge in [0.25, 0.3) is 0 Å². The molecule has 2 nitrogen and oxygen atoms in total. The van der Waals surface area contributed by atoms with Crippen LogP contribution in [0, 0.1) is 17.5 Å². The molecule has 0 spiro atoms. The molecule has 120 valence electrons. The van der Waals surface area contributed by atoms with E-state index in [1.165, 1.54) is 6.08 Å². The normalized spacial score (nSPS) is 13.0. The molecule has 1 rings (SSSR count). The van der Waals surface area contributed by atoms with E-state index >= 15 is 0 Å². The van der Waals surface area contributed by atoms with Crippen LogP contribution in [0.3, 0.4) is 0 Å². The highest BCUT2D eigenvalue weighted by molar-refractivity contribution is 5.62. The van der Waals surface area contributed by atoms with Crippen molar-refractivity contribution in [3.05, 3.63) is 52.9 Å². The highest BCUT2D eigenvalue weighted by Crippen LogP contribution is 2.23. The van der Waals surface area contributed by atoms with Crippen molar-refractivity contribution in [3.63, 3.8) is 0 Å². The van der Waals surface area contributed by atoms with Crippen molar-refractivity contribution in [2.75, 3.05) is 6.61 Å². The SMILES string of the molecule is C=C(C)C(C/C(=C/c1ccc(F)c(F)c1F)CC=O)OCC. The topological polar surface area (TPSA) is 26.3 Å². The van der Waals surface area contributed by atoms with Gasteiger partial charge >= 0.3 is 0 Å². The number of hydrogen-bond donors (Lipinski definition) is 0. The summed E-state index contributed by atoms with van der Waals surface area (Å²) in [5.74, 6) is -4.05. The van der Waals surface area contributed by atoms with E-state index in [0.29, 0.717) is 24.9 Å². The second-order valence-electron chi connectivity index (χ2n) is 4.93. The van der Waals surface area contributed by atoms with E-state index in [4.69, 9.17) is 4.74 Å². The molecule has 0 N–H and O–H groups in total. The van der Waals surface area contributed by atoms with Gasteiger partial charge in [-0.3, -0.25) is 0 Å². The molecule has 5 heteroatoms. The summed E-state index contributed by atoms with van der Waals surface area (Å²) in [7, 11) is 0. The molecule has 1 atom stereocenters. The summed E-state index contributed by atoms with van der Waals surface area (Å²) in [5.41, 5.74) is 1.22. The van der Waals surface area contributed by atoms with Gasteiger partial charge in [0.2, 0.25) is 0 Å². The third kappa shape index (κ3) is 4.84. The predicted molar refractivity (Wildman–Crippen MR) is 79.8 cm³/mol. The van der Waals surface area contributed by atoms with Gasteiger partial charge in [0.1, 0.15) is 6.29 Å². The Kier molecular flexibility index (Phi) is 7.05. The molecular formula is C17H19F3O2. The van der Waals surface area contributed by atoms with E-state index in [1.807, 2.05) is 6.92 Å². The maximum Gasteiger partial charge on any atom is 0.195 e. The van der Waals surface area contributed by atoms with Crippen LogP contribution in [0.25, 0.3) is 6.08 Å². The van der Waals surface area contributed by atoms with Crippen molar-refractivity contribution in [1.82, 2.24) is 0 Å². The van der Waals surface area contributed by atoms with Gasteiger partial charge in [0, 0.05) is 18.6 Å². The van der Waals surface area contributed by atoms with Crippen molar-refractivity contribution in [2.45, 2.75) is 32.8 Å². The third-order valence-corrected chi connectivity index (χ3v) is 3.14. The highest BCUT2D eigenvalue weighted by atomic mass is 19.2. The first kappa shape index (κ1) is 18.2. The molecule has 0 amide bonds. The summed E-state index contributed by atoms with van der Waals surface area (Å²) in [6.07, 6.45) is 2.09. The average molecular weight is 312 g/mol. The standard InChI is InChI=1S/C17H19F3O2/c1-4-22-15(11(2)3)10-12(7-8-21)9-13-5-6-14(18)17(20)16(13)19/h5-6,8-9,15H,2,4,7,10H2,1,3H3/b12-9+. The van der Waals surface area contributed by atoms with E-state index in [-0.39, 0.29) is 18.1 Å². The molecule has 1 unspecified atom stereocenters. The fourth-order valence-electron chi connectivity index (χ4n) is 2.00. The summed E-state index contributed by atoms with van der Waals surface area (Å²) >= 11 is 0. The van der Waals surface area contributed by atoms with Crippen molar-refractivity contribution in [2.24, 2.45) is 0 Å². The minimum atomic E-state index is -1.53. The van der Waals surface area contributed by atoms with E-state index in [0.717, 1.165) is 17.7 Å². The molecule has 0 aliphatic heterocycles. The number of hydrogen-bond acceptors (Lipinski definition) is 2. The number of ether oxygens (including phenoxy) is 1. The second kappa shape index (κ2) is 8.54. The van der Waals surface area contributed by atoms with Gasteiger partial charge in [-0.05, 0) is 32.4 Å². The van der Waals surface area contributed by atoms with E-state index in [2.05, 4.69) is 6.58 Å². The second-order valence-corrected chi connectivity index (χ2v) is 4.93. The summed E-state index contributed by atoms with van der Waals surface area (Å²) in [4.78, 5) is 10.8. The van der Waals surface area contributed by atoms with Gasteiger partial charge in [0.15, 0.2) is 17.5 Å². The lowest BCUT2D eigenvalue weighted by Crippen LogP contribution is -2.15. The summed E-state index contributed by atoms with van der Waals surface area (Å²) < 4.78 is 45.4. The Hall–Kier alpha value is -1.88. The van der Waals surface area contributed by atoms with Gasteiger partial charge in [-0.1, -0.05) is 23.8 Å². The quantitative estimate of drug-likeness (QED) is 0.403. The number of carbonyl (C=O) groups excluding carboxylic acids is 1. The number of halogens is 3. The van der Waals surface area contributed by atoms with Gasteiger partial charge in [-0.25, -0.2) is 13.2 Å². The molecule has 1 aromatic rings. The van der Waals surface area contributed by atoms with Gasteiger partial charge in [0.05, 0.1) is 6.10 Å². The number of carbonyl (C=O) groups is 1. The van der Waals surface area contributed by atoms with Crippen molar-refractivity contribution in [1.29, 1.82) is 0 Å². The summed E-state index contributed by atoms with van der Waals surface area (Å²) in [6.45, 7) is 7.89. The van der Waals surface area contributed by atoms with Crippen LogP contribution < -0.4 is 0 Å². The zero-order valence-electron chi connectivity index (χ0n) is 12.7. The highest BCUT2D eigenvalue weighted by Gasteiger charge is 2.15. The number of rotatable bonds is 8. The Morgan fingerprint density at radius 3 is 2.55 bits per heavy atom. The van der Waals surface area contributed by atoms with Crippen LogP contribution in [0.4, 0.5) is 13.2 Å². The van der Waals surface area contributed by atoms with Crippen LogP contribution in [-0.2, 0) is 9.53 Å². The minimum absolute atomic E-state index is 0.0509. The van der Waals surface area contributed by atoms with Crippen molar-refractivity contribution >= 4 is 12.4 Å². The van der Waals surface area contributed by atoms with Crippen LogP contribution in [0.2, 0.25) is 0 Å². The Labute approximate surface area is 128 Å². The van der Waals surface area contributed by atoms with Crippen LogP contribution in [0.1, 0.15) is 32.3 Å².